The van der Waals surface area contributed by atoms with Gasteiger partial charge in [-0.1, -0.05) is 114 Å². The Bertz CT molecular complexity index is 5990. The van der Waals surface area contributed by atoms with Crippen molar-refractivity contribution in [2.24, 2.45) is 0 Å². The lowest BCUT2D eigenvalue weighted by molar-refractivity contribution is 0.0849. The van der Waals surface area contributed by atoms with Gasteiger partial charge in [-0.05, 0) is 211 Å². The third kappa shape index (κ3) is 12.2. The van der Waals surface area contributed by atoms with E-state index >= 15 is 0 Å². The summed E-state index contributed by atoms with van der Waals surface area (Å²) >= 11 is 21.9. The van der Waals surface area contributed by atoms with Crippen LogP contribution in [0.15, 0.2) is 128 Å². The van der Waals surface area contributed by atoms with Gasteiger partial charge < -0.3 is 44.9 Å². The zero-order valence-electron chi connectivity index (χ0n) is 65.7. The first-order valence-corrected chi connectivity index (χ1v) is 44.3. The lowest BCUT2D eigenvalue weighted by Crippen LogP contribution is -2.51. The minimum Gasteiger partial charge on any atom is -0.461 e. The average Bonchev–Trinajstić information content (AvgIpc) is 1.64. The molecule has 6 bridgehead atoms. The number of benzene rings is 6. The SMILES string of the molecule is Clc1cccc2cccc(-c3cnc4c(N5CC6CCC(C5)N6)nc(OCC56CCCN5C(c5ccc(Cl)c7c(-c8ccc9c(N%10CC%11CCC(C%10)N%11)nc(OCC%10%11CCCN%10C(c%10ccc(Cl)c%12c(-c%13ncc%14c(N%15CC%16CCC(C%15)N%16)nc(OCC%15%16CCCN%15CCC%16)nc%14n%13)cccc%10%12)CC%11)nc9n8)cccc57)CC6)nc4c3)c12. The van der Waals surface area contributed by atoms with E-state index in [9.17, 15) is 0 Å². The zero-order valence-corrected chi connectivity index (χ0v) is 67.9. The van der Waals surface area contributed by atoms with E-state index in [1.807, 2.05) is 24.5 Å². The number of anilines is 3. The van der Waals surface area contributed by atoms with Crippen LogP contribution in [0.5, 0.6) is 18.0 Å². The van der Waals surface area contributed by atoms with Crippen molar-refractivity contribution >= 4 is 118 Å². The van der Waals surface area contributed by atoms with Gasteiger partial charge >= 0.3 is 18.0 Å². The molecule has 3 N–H and O–H groups in total. The van der Waals surface area contributed by atoms with Crippen molar-refractivity contribution in [3.63, 3.8) is 0 Å². The summed E-state index contributed by atoms with van der Waals surface area (Å²) in [7, 11) is 0. The molecule has 18 heterocycles. The van der Waals surface area contributed by atoms with Gasteiger partial charge in [-0.3, -0.25) is 19.7 Å². The molecule has 0 amide bonds. The number of rotatable bonds is 17. The van der Waals surface area contributed by atoms with E-state index in [0.29, 0.717) is 106 Å². The van der Waals surface area contributed by atoms with E-state index in [0.717, 1.165) is 268 Å². The predicted molar refractivity (Wildman–Crippen MR) is 461 cm³/mol. The third-order valence-electron chi connectivity index (χ3n) is 29.5. The molecule has 12 fully saturated rings. The van der Waals surface area contributed by atoms with Crippen LogP contribution in [0.1, 0.15) is 139 Å². The van der Waals surface area contributed by atoms with Gasteiger partial charge in [0.05, 0.1) is 38.6 Å². The molecule has 12 aliphatic rings. The van der Waals surface area contributed by atoms with Crippen LogP contribution >= 0.6 is 34.8 Å². The summed E-state index contributed by atoms with van der Waals surface area (Å²) in [6.45, 7) is 10.8. The Labute approximate surface area is 694 Å². The van der Waals surface area contributed by atoms with Crippen molar-refractivity contribution in [2.45, 2.75) is 181 Å². The van der Waals surface area contributed by atoms with Gasteiger partial charge in [0.15, 0.2) is 22.9 Å². The second-order valence-electron chi connectivity index (χ2n) is 36.0. The second kappa shape index (κ2) is 28.3. The predicted octanol–water partition coefficient (Wildman–Crippen LogP) is 15.8. The van der Waals surface area contributed by atoms with Gasteiger partial charge in [-0.25, -0.2) is 15.0 Å². The molecule has 0 aliphatic carbocycles. The fraction of sp³-hybridized carbons (Fsp3) is 0.457. The molecule has 24 rings (SSSR count). The molecule has 117 heavy (non-hydrogen) atoms. The first kappa shape index (κ1) is 72.0. The number of hydrogen-bond acceptors (Lipinski definition) is 22. The van der Waals surface area contributed by atoms with Gasteiger partial charge in [-0.15, -0.1) is 0 Å². The van der Waals surface area contributed by atoms with Crippen molar-refractivity contribution in [3.05, 3.63) is 154 Å². The summed E-state index contributed by atoms with van der Waals surface area (Å²) in [5.41, 5.74) is 9.39. The highest BCUT2D eigenvalue weighted by molar-refractivity contribution is 6.38. The summed E-state index contributed by atoms with van der Waals surface area (Å²) in [6.07, 6.45) is 23.5. The molecule has 0 spiro atoms. The molecule has 12 saturated heterocycles. The highest BCUT2D eigenvalue weighted by Crippen LogP contribution is 2.54. The Morgan fingerprint density at radius 3 is 1.49 bits per heavy atom. The van der Waals surface area contributed by atoms with E-state index in [1.165, 1.54) is 24.0 Å². The normalized spacial score (nSPS) is 27.3. The number of pyridine rings is 2. The molecule has 0 saturated carbocycles. The number of nitrogens with one attached hydrogen (secondary N) is 3. The number of nitrogens with zero attached hydrogens (tertiary/aromatic N) is 16. The molecular weight excluding hydrogens is 1530 g/mol. The maximum Gasteiger partial charge on any atom is 0.320 e. The van der Waals surface area contributed by atoms with Gasteiger partial charge in [0.2, 0.25) is 0 Å². The first-order chi connectivity index (χ1) is 57.4. The molecule has 6 aromatic carbocycles. The fourth-order valence-corrected chi connectivity index (χ4v) is 24.9. The Morgan fingerprint density at radius 2 is 0.880 bits per heavy atom. The molecular formula is C92H94Cl3N19O3. The summed E-state index contributed by atoms with van der Waals surface area (Å²) in [5.74, 6) is 3.13. The number of ether oxygens (including phenoxy) is 3. The average molecular weight is 1620 g/mol. The largest absolute Gasteiger partial charge is 0.461 e. The smallest absolute Gasteiger partial charge is 0.320 e. The van der Waals surface area contributed by atoms with Crippen LogP contribution in [0.4, 0.5) is 17.5 Å². The van der Waals surface area contributed by atoms with Gasteiger partial charge in [-0.2, -0.15) is 29.9 Å². The molecule has 6 aromatic heterocycles. The fourth-order valence-electron chi connectivity index (χ4n) is 24.1. The number of piperazine rings is 3. The quantitative estimate of drug-likeness (QED) is 0.0773. The van der Waals surface area contributed by atoms with Crippen LogP contribution in [0.3, 0.4) is 0 Å². The lowest BCUT2D eigenvalue weighted by atomic mass is 9.92. The van der Waals surface area contributed by atoms with Crippen molar-refractivity contribution in [2.75, 3.05) is 100.0 Å². The van der Waals surface area contributed by atoms with E-state index < -0.39 is 0 Å². The topological polar surface area (TPSA) is 212 Å². The number of halogens is 3. The zero-order chi connectivity index (χ0) is 77.4. The summed E-state index contributed by atoms with van der Waals surface area (Å²) in [5, 5.41) is 21.5. The minimum absolute atomic E-state index is 0.0498. The molecule has 596 valence electrons. The Hall–Kier alpha value is -9.07. The summed E-state index contributed by atoms with van der Waals surface area (Å²) < 4.78 is 20.9. The number of fused-ring (bicyclic) bond motifs is 15. The van der Waals surface area contributed by atoms with Crippen LogP contribution in [-0.4, -0.2) is 203 Å². The van der Waals surface area contributed by atoms with Gasteiger partial charge in [0.1, 0.15) is 37.0 Å². The standard InChI is InChI=1S/C92H94Cl3N19O3/c93-70-16-2-10-53-9-1-11-61(77(53)70)54-41-74-80(96-42-54)86(111-48-59-21-22-60(49-111)100-59)108-87(102-74)116-51-91-33-7-39-113(91)75(29-35-91)62-23-26-71(94)78-64(62)12-3-14-66(78)73-28-25-68-82(101-73)104-88(106-84(68)109-44-55-17-18-56(45-109)98-55)117-52-92-34-8-40-114(92)76(30-36-92)63-24-27-72(95)79-65(63)13-4-15-67(79)81-97-43-69-83(103-81)105-89(115-50-90-31-5-37-112(90)38-6-32-90)107-85(69)110-46-57-19-20-58(47-110)99-57/h1-4,9-16,23-28,41-43,55-60,75-76,98-100H,5-8,17-22,29-40,44-52H2. The molecule has 10 atom stereocenters. The maximum atomic E-state index is 7.53. The number of hydrogen-bond donors (Lipinski definition) is 3. The van der Waals surface area contributed by atoms with E-state index in [4.69, 9.17) is 98.9 Å². The third-order valence-corrected chi connectivity index (χ3v) is 30.4. The van der Waals surface area contributed by atoms with Crippen molar-refractivity contribution in [3.8, 4) is 51.8 Å². The Kier molecular flexibility index (Phi) is 17.4. The number of aromatic nitrogens is 10. The summed E-state index contributed by atoms with van der Waals surface area (Å²) in [4.78, 5) is 68.1. The molecule has 10 unspecified atom stereocenters. The maximum absolute atomic E-state index is 7.53. The van der Waals surface area contributed by atoms with Crippen LogP contribution in [-0.2, 0) is 0 Å². The van der Waals surface area contributed by atoms with Crippen molar-refractivity contribution < 1.29 is 14.2 Å². The van der Waals surface area contributed by atoms with Gasteiger partial charge in [0.25, 0.3) is 0 Å². The van der Waals surface area contributed by atoms with Crippen molar-refractivity contribution in [1.82, 2.24) is 80.5 Å². The Balaban J connectivity index is 0.518. The highest BCUT2D eigenvalue weighted by Gasteiger charge is 2.53. The van der Waals surface area contributed by atoms with Crippen molar-refractivity contribution in [1.29, 1.82) is 0 Å². The first-order valence-electron chi connectivity index (χ1n) is 43.2. The minimum atomic E-state index is -0.246. The van der Waals surface area contributed by atoms with Crippen LogP contribution in [0, 0.1) is 0 Å². The van der Waals surface area contributed by atoms with E-state index in [2.05, 4.69) is 148 Å². The van der Waals surface area contributed by atoms with Crippen LogP contribution < -0.4 is 44.9 Å². The van der Waals surface area contributed by atoms with E-state index in [-0.39, 0.29) is 28.7 Å². The van der Waals surface area contributed by atoms with Crippen LogP contribution in [0.2, 0.25) is 15.1 Å². The van der Waals surface area contributed by atoms with Crippen LogP contribution in [0.25, 0.3) is 99.2 Å². The molecule has 12 aromatic rings. The lowest BCUT2D eigenvalue weighted by Gasteiger charge is -2.36. The highest BCUT2D eigenvalue weighted by atomic mass is 35.5. The van der Waals surface area contributed by atoms with Gasteiger partial charge in [0, 0.05) is 148 Å². The molecule has 0 radical (unpaired) electrons. The van der Waals surface area contributed by atoms with E-state index in [1.54, 1.807) is 0 Å². The Morgan fingerprint density at radius 1 is 0.393 bits per heavy atom. The molecule has 22 nitrogen and oxygen atoms in total. The molecule has 12 aliphatic heterocycles. The second-order valence-corrected chi connectivity index (χ2v) is 37.2. The monoisotopic (exact) mass is 1620 g/mol. The molecule has 25 heteroatoms. The summed E-state index contributed by atoms with van der Waals surface area (Å²) in [6, 6.07) is 44.3.